The van der Waals surface area contributed by atoms with Crippen LogP contribution >= 0.6 is 0 Å². The molecule has 3 aliphatic rings. The largest absolute Gasteiger partial charge is 0.353 e. The molecule has 2 saturated carbocycles. The van der Waals surface area contributed by atoms with Crippen molar-refractivity contribution in [3.63, 3.8) is 0 Å². The van der Waals surface area contributed by atoms with Crippen molar-refractivity contribution in [2.24, 2.45) is 10.9 Å². The summed E-state index contributed by atoms with van der Waals surface area (Å²) in [5, 5.41) is 7.81. The number of aliphatic imine (C=N–C) groups is 1. The lowest BCUT2D eigenvalue weighted by Gasteiger charge is -2.29. The second kappa shape index (κ2) is 10.2. The molecule has 10 heteroatoms. The molecule has 1 saturated heterocycles. The highest BCUT2D eigenvalue weighted by molar-refractivity contribution is 6.04. The highest BCUT2D eigenvalue weighted by atomic mass is 19.1. The van der Waals surface area contributed by atoms with Gasteiger partial charge in [-0.1, -0.05) is 6.58 Å². The molecule has 0 amide bonds. The predicted molar refractivity (Wildman–Crippen MR) is 145 cm³/mol. The molecule has 0 atom stereocenters. The van der Waals surface area contributed by atoms with E-state index in [1.807, 2.05) is 6.21 Å². The van der Waals surface area contributed by atoms with Crippen LogP contribution in [-0.2, 0) is 0 Å². The van der Waals surface area contributed by atoms with Crippen LogP contribution < -0.4 is 26.1 Å². The van der Waals surface area contributed by atoms with Gasteiger partial charge in [0.15, 0.2) is 17.5 Å². The fraction of sp³-hybridized carbons (Fsp3) is 0.393. The van der Waals surface area contributed by atoms with E-state index in [2.05, 4.69) is 37.1 Å². The van der Waals surface area contributed by atoms with Gasteiger partial charge in [0.25, 0.3) is 0 Å². The van der Waals surface area contributed by atoms with Crippen LogP contribution in [-0.4, -0.2) is 59.4 Å². The molecule has 1 aliphatic heterocycles. The summed E-state index contributed by atoms with van der Waals surface area (Å²) in [6.45, 7) is 7.68. The lowest BCUT2D eigenvalue weighted by Crippen LogP contribution is -2.48. The second-order valence-corrected chi connectivity index (χ2v) is 10.1. The Morgan fingerprint density at radius 1 is 1.13 bits per heavy atom. The number of nitrogens with one attached hydrogen (secondary N) is 2. The van der Waals surface area contributed by atoms with Crippen molar-refractivity contribution < 1.29 is 8.78 Å². The van der Waals surface area contributed by atoms with Crippen molar-refractivity contribution >= 4 is 35.8 Å². The van der Waals surface area contributed by atoms with E-state index in [1.54, 1.807) is 25.4 Å². The molecule has 3 aromatic heterocycles. The maximum Gasteiger partial charge on any atom is 0.218 e. The number of halogens is 2. The van der Waals surface area contributed by atoms with Crippen LogP contribution in [0.25, 0.3) is 23.5 Å². The molecule has 38 heavy (non-hydrogen) atoms. The molecule has 0 bridgehead atoms. The number of piperazine rings is 1. The maximum atomic E-state index is 14.7. The first-order chi connectivity index (χ1) is 18.5. The smallest absolute Gasteiger partial charge is 0.218 e. The van der Waals surface area contributed by atoms with Crippen LogP contribution in [0.3, 0.4) is 0 Å². The number of aromatic nitrogens is 4. The van der Waals surface area contributed by atoms with E-state index in [4.69, 9.17) is 9.97 Å². The minimum atomic E-state index is -0.646. The normalized spacial score (nSPS) is 18.7. The molecule has 8 nitrogen and oxygen atoms in total. The third-order valence-electron chi connectivity index (χ3n) is 7.19. The first-order valence-electron chi connectivity index (χ1n) is 13.1. The molecule has 2 aliphatic carbocycles. The summed E-state index contributed by atoms with van der Waals surface area (Å²) in [7, 11) is 1.78. The van der Waals surface area contributed by atoms with E-state index in [-0.39, 0.29) is 11.7 Å². The summed E-state index contributed by atoms with van der Waals surface area (Å²) < 4.78 is 29.2. The molecule has 0 aromatic carbocycles. The Kier molecular flexibility index (Phi) is 6.57. The molecule has 3 fully saturated rings. The van der Waals surface area contributed by atoms with Gasteiger partial charge in [-0.2, -0.15) is 9.37 Å². The topological polar surface area (TPSA) is 91.2 Å². The van der Waals surface area contributed by atoms with E-state index in [1.165, 1.54) is 6.07 Å². The summed E-state index contributed by atoms with van der Waals surface area (Å²) in [6, 6.07) is 4.74. The van der Waals surface area contributed by atoms with Crippen molar-refractivity contribution in [3.05, 3.63) is 52.3 Å². The number of anilines is 3. The lowest BCUT2D eigenvalue weighted by atomic mass is 10.1. The van der Waals surface area contributed by atoms with Gasteiger partial charge in [-0.15, -0.1) is 0 Å². The predicted octanol–water partition coefficient (Wildman–Crippen LogP) is 2.91. The van der Waals surface area contributed by atoms with E-state index in [0.29, 0.717) is 34.0 Å². The van der Waals surface area contributed by atoms with Gasteiger partial charge in [0, 0.05) is 62.0 Å². The summed E-state index contributed by atoms with van der Waals surface area (Å²) >= 11 is 0. The van der Waals surface area contributed by atoms with Crippen LogP contribution in [0.2, 0.25) is 0 Å². The van der Waals surface area contributed by atoms with Gasteiger partial charge < -0.3 is 15.5 Å². The lowest BCUT2D eigenvalue weighted by molar-refractivity contribution is 0.549. The molecule has 4 heterocycles. The minimum Gasteiger partial charge on any atom is -0.353 e. The minimum absolute atomic E-state index is 0.0654. The van der Waals surface area contributed by atoms with Gasteiger partial charge in [0.05, 0.1) is 5.35 Å². The first-order valence-corrected chi connectivity index (χ1v) is 13.1. The molecular formula is C28H30F2N8. The Balaban J connectivity index is 1.39. The average Bonchev–Trinajstić information content (AvgIpc) is 3.84. The molecule has 0 radical (unpaired) electrons. The average molecular weight is 517 g/mol. The SMILES string of the molecule is C=c1nc(-c2ccnc(Nc3nc(F)c(C4CC4)cc3F)c2)nc(N2CCNCC2)/c1=C(/C=NC)C1CC1. The number of hydrogen-bond acceptors (Lipinski definition) is 8. The summed E-state index contributed by atoms with van der Waals surface area (Å²) in [5.41, 5.74) is 2.15. The van der Waals surface area contributed by atoms with Gasteiger partial charge >= 0.3 is 0 Å². The molecule has 0 unspecified atom stereocenters. The van der Waals surface area contributed by atoms with Crippen molar-refractivity contribution in [1.82, 2.24) is 25.3 Å². The van der Waals surface area contributed by atoms with Crippen LogP contribution in [0.4, 0.5) is 26.2 Å². The zero-order valence-electron chi connectivity index (χ0n) is 21.3. The number of hydrogen-bond donors (Lipinski definition) is 2. The van der Waals surface area contributed by atoms with Gasteiger partial charge in [0.1, 0.15) is 11.6 Å². The van der Waals surface area contributed by atoms with E-state index in [0.717, 1.165) is 68.5 Å². The molecular weight excluding hydrogens is 486 g/mol. The van der Waals surface area contributed by atoms with Gasteiger partial charge in [-0.05, 0) is 61.3 Å². The van der Waals surface area contributed by atoms with E-state index in [9.17, 15) is 8.78 Å². The zero-order valence-corrected chi connectivity index (χ0v) is 21.3. The summed E-state index contributed by atoms with van der Waals surface area (Å²) in [4.78, 5) is 24.5. The maximum absolute atomic E-state index is 14.7. The second-order valence-electron chi connectivity index (χ2n) is 10.1. The van der Waals surface area contributed by atoms with Gasteiger partial charge in [-0.3, -0.25) is 4.99 Å². The number of rotatable bonds is 7. The molecule has 2 N–H and O–H groups in total. The fourth-order valence-electron chi connectivity index (χ4n) is 4.94. The third-order valence-corrected chi connectivity index (χ3v) is 7.19. The third kappa shape index (κ3) is 5.00. The van der Waals surface area contributed by atoms with Crippen LogP contribution in [0.15, 0.2) is 29.4 Å². The van der Waals surface area contributed by atoms with Gasteiger partial charge in [0.2, 0.25) is 5.95 Å². The monoisotopic (exact) mass is 516 g/mol. The fourth-order valence-corrected chi connectivity index (χ4v) is 4.94. The Labute approximate surface area is 219 Å². The van der Waals surface area contributed by atoms with Crippen molar-refractivity contribution in [2.75, 3.05) is 43.4 Å². The van der Waals surface area contributed by atoms with Crippen molar-refractivity contribution in [3.8, 4) is 11.4 Å². The van der Waals surface area contributed by atoms with Crippen LogP contribution in [0, 0.1) is 17.7 Å². The van der Waals surface area contributed by atoms with Crippen LogP contribution in [0.5, 0.6) is 0 Å². The quantitative estimate of drug-likeness (QED) is 0.369. The molecule has 0 spiro atoms. The zero-order chi connectivity index (χ0) is 26.2. The molecule has 3 aromatic rings. The van der Waals surface area contributed by atoms with E-state index >= 15 is 0 Å². The first kappa shape index (κ1) is 24.5. The van der Waals surface area contributed by atoms with Crippen molar-refractivity contribution in [1.29, 1.82) is 0 Å². The number of nitrogens with zero attached hydrogens (tertiary/aromatic N) is 6. The van der Waals surface area contributed by atoms with E-state index < -0.39 is 11.8 Å². The Bertz CT molecular complexity index is 1510. The van der Waals surface area contributed by atoms with Crippen molar-refractivity contribution in [2.45, 2.75) is 31.6 Å². The standard InChI is InChI=1S/C28H30F2N8/c1-16-24(21(15-31-2)18-5-6-18)28(38-11-9-32-10-12-38)37-26(34-16)19-7-8-33-23(13-19)35-27-22(29)14-20(17-3-4-17)25(30)36-27/h7-8,13-15,17-18,32H,1,3-6,9-12H2,2H3,(H,33,35,36)/b24-21-,31-15?. The summed E-state index contributed by atoms with van der Waals surface area (Å²) in [5.74, 6) is 0.712. The van der Waals surface area contributed by atoms with Gasteiger partial charge in [-0.25, -0.2) is 19.3 Å². The number of pyridine rings is 2. The Hall–Kier alpha value is -3.79. The highest BCUT2D eigenvalue weighted by Crippen LogP contribution is 2.41. The summed E-state index contributed by atoms with van der Waals surface area (Å²) in [6.07, 6.45) is 7.47. The molecule has 6 rings (SSSR count). The Morgan fingerprint density at radius 2 is 1.92 bits per heavy atom. The Morgan fingerprint density at radius 3 is 2.63 bits per heavy atom. The molecule has 196 valence electrons. The highest BCUT2D eigenvalue weighted by Gasteiger charge is 2.29. The van der Waals surface area contributed by atoms with Crippen LogP contribution in [0.1, 0.15) is 37.2 Å².